The summed E-state index contributed by atoms with van der Waals surface area (Å²) in [7, 11) is 1.47. The van der Waals surface area contributed by atoms with Crippen LogP contribution in [-0.2, 0) is 23.8 Å². The van der Waals surface area contributed by atoms with E-state index in [9.17, 15) is 14.4 Å². The van der Waals surface area contributed by atoms with Gasteiger partial charge in [-0.3, -0.25) is 0 Å². The van der Waals surface area contributed by atoms with Crippen molar-refractivity contribution in [2.45, 2.75) is 39.0 Å². The SMILES string of the molecule is C=CC(=O)OCCCCCCOc1ccc(C(=O)Oc2ccc(/C=C/C(=O)OCCOCCC)cc2OC)cc1. The molecule has 2 aromatic rings. The number of benzene rings is 2. The monoisotopic (exact) mass is 554 g/mol. The zero-order valence-electron chi connectivity index (χ0n) is 23.2. The molecule has 0 aliphatic rings. The van der Waals surface area contributed by atoms with E-state index >= 15 is 0 Å². The summed E-state index contributed by atoms with van der Waals surface area (Å²) in [5, 5.41) is 0. The molecule has 0 saturated carbocycles. The molecule has 216 valence electrons. The minimum atomic E-state index is -0.542. The van der Waals surface area contributed by atoms with Gasteiger partial charge in [0.25, 0.3) is 0 Å². The lowest BCUT2D eigenvalue weighted by Crippen LogP contribution is -2.09. The van der Waals surface area contributed by atoms with Crippen LogP contribution in [0.15, 0.2) is 61.2 Å². The summed E-state index contributed by atoms with van der Waals surface area (Å²) in [6.07, 6.45) is 8.50. The van der Waals surface area contributed by atoms with Gasteiger partial charge in [-0.15, -0.1) is 0 Å². The molecular weight excluding hydrogens is 516 g/mol. The summed E-state index contributed by atoms with van der Waals surface area (Å²) in [5.41, 5.74) is 1.03. The Hall–Kier alpha value is -4.11. The Labute approximate surface area is 235 Å². The Kier molecular flexibility index (Phi) is 15.3. The average Bonchev–Trinajstić information content (AvgIpc) is 2.97. The second-order valence-corrected chi connectivity index (χ2v) is 8.57. The molecule has 2 rings (SSSR count). The first-order chi connectivity index (χ1) is 19.5. The van der Waals surface area contributed by atoms with Gasteiger partial charge in [0.1, 0.15) is 12.4 Å². The van der Waals surface area contributed by atoms with Crippen molar-refractivity contribution in [3.8, 4) is 17.2 Å². The van der Waals surface area contributed by atoms with E-state index in [1.165, 1.54) is 13.2 Å². The van der Waals surface area contributed by atoms with Crippen LogP contribution in [0.2, 0.25) is 0 Å². The van der Waals surface area contributed by atoms with E-state index in [1.54, 1.807) is 48.5 Å². The maximum Gasteiger partial charge on any atom is 0.343 e. The first-order valence-corrected chi connectivity index (χ1v) is 13.3. The highest BCUT2D eigenvalue weighted by Crippen LogP contribution is 2.29. The number of ether oxygens (including phenoxy) is 6. The zero-order valence-corrected chi connectivity index (χ0v) is 23.2. The second kappa shape index (κ2) is 19.0. The average molecular weight is 555 g/mol. The summed E-state index contributed by atoms with van der Waals surface area (Å²) in [4.78, 5) is 35.5. The lowest BCUT2D eigenvalue weighted by atomic mass is 10.2. The minimum Gasteiger partial charge on any atom is -0.494 e. The summed E-state index contributed by atoms with van der Waals surface area (Å²) >= 11 is 0. The highest BCUT2D eigenvalue weighted by molar-refractivity contribution is 5.91. The highest BCUT2D eigenvalue weighted by Gasteiger charge is 2.13. The van der Waals surface area contributed by atoms with Gasteiger partial charge < -0.3 is 28.4 Å². The van der Waals surface area contributed by atoms with Crippen LogP contribution in [0.3, 0.4) is 0 Å². The highest BCUT2D eigenvalue weighted by atomic mass is 16.6. The molecule has 0 aromatic heterocycles. The molecule has 40 heavy (non-hydrogen) atoms. The van der Waals surface area contributed by atoms with Gasteiger partial charge >= 0.3 is 17.9 Å². The fraction of sp³-hybridized carbons (Fsp3) is 0.387. The van der Waals surface area contributed by atoms with Gasteiger partial charge in [-0.2, -0.15) is 0 Å². The van der Waals surface area contributed by atoms with E-state index in [-0.39, 0.29) is 12.4 Å². The molecule has 2 aromatic carbocycles. The molecule has 0 amide bonds. The minimum absolute atomic E-state index is 0.187. The van der Waals surface area contributed by atoms with Gasteiger partial charge in [0.15, 0.2) is 11.5 Å². The maximum absolute atomic E-state index is 12.7. The number of carbonyl (C=O) groups excluding carboxylic acids is 3. The van der Waals surface area contributed by atoms with Crippen LogP contribution < -0.4 is 14.2 Å². The van der Waals surface area contributed by atoms with E-state index in [2.05, 4.69) is 6.58 Å². The van der Waals surface area contributed by atoms with Gasteiger partial charge in [-0.25, -0.2) is 14.4 Å². The molecule has 0 bridgehead atoms. The Morgan fingerprint density at radius 3 is 2.23 bits per heavy atom. The van der Waals surface area contributed by atoms with Crippen molar-refractivity contribution in [1.29, 1.82) is 0 Å². The first-order valence-electron chi connectivity index (χ1n) is 13.3. The van der Waals surface area contributed by atoms with E-state index in [4.69, 9.17) is 28.4 Å². The molecule has 9 nitrogen and oxygen atoms in total. The predicted octanol–water partition coefficient (Wildman–Crippen LogP) is 5.57. The zero-order chi connectivity index (χ0) is 29.0. The molecule has 0 unspecified atom stereocenters. The van der Waals surface area contributed by atoms with Gasteiger partial charge in [0.05, 0.1) is 32.5 Å². The van der Waals surface area contributed by atoms with Crippen LogP contribution in [0.1, 0.15) is 54.9 Å². The van der Waals surface area contributed by atoms with Crippen LogP contribution >= 0.6 is 0 Å². The molecule has 0 radical (unpaired) electrons. The van der Waals surface area contributed by atoms with Crippen molar-refractivity contribution in [2.75, 3.05) is 40.1 Å². The Balaban J connectivity index is 1.77. The smallest absolute Gasteiger partial charge is 0.343 e. The molecule has 0 aliphatic carbocycles. The van der Waals surface area contributed by atoms with Gasteiger partial charge in [-0.1, -0.05) is 19.6 Å². The number of rotatable bonds is 19. The normalized spacial score (nSPS) is 10.7. The van der Waals surface area contributed by atoms with E-state index in [1.807, 2.05) is 6.92 Å². The number of unbranched alkanes of at least 4 members (excludes halogenated alkanes) is 3. The summed E-state index contributed by atoms with van der Waals surface area (Å²) in [5.74, 6) is -0.182. The van der Waals surface area contributed by atoms with Crippen molar-refractivity contribution in [3.63, 3.8) is 0 Å². The topological polar surface area (TPSA) is 107 Å². The second-order valence-electron chi connectivity index (χ2n) is 8.57. The largest absolute Gasteiger partial charge is 0.494 e. The van der Waals surface area contributed by atoms with Gasteiger partial charge in [0, 0.05) is 18.8 Å². The molecule has 0 saturated heterocycles. The van der Waals surface area contributed by atoms with Crippen LogP contribution in [-0.4, -0.2) is 58.1 Å². The van der Waals surface area contributed by atoms with Gasteiger partial charge in [-0.05, 0) is 80.1 Å². The summed E-state index contributed by atoms with van der Waals surface area (Å²) < 4.78 is 31.9. The van der Waals surface area contributed by atoms with Crippen LogP contribution in [0, 0.1) is 0 Å². The molecule has 0 fully saturated rings. The third kappa shape index (κ3) is 12.6. The summed E-state index contributed by atoms with van der Waals surface area (Å²) in [6, 6.07) is 11.6. The molecule has 9 heteroatoms. The fourth-order valence-corrected chi connectivity index (χ4v) is 3.36. The lowest BCUT2D eigenvalue weighted by molar-refractivity contribution is -0.139. The molecule has 0 atom stereocenters. The molecule has 0 heterocycles. The number of hydrogen-bond donors (Lipinski definition) is 0. The van der Waals surface area contributed by atoms with Crippen molar-refractivity contribution in [3.05, 3.63) is 72.3 Å². The van der Waals surface area contributed by atoms with Crippen molar-refractivity contribution >= 4 is 24.0 Å². The van der Waals surface area contributed by atoms with Crippen molar-refractivity contribution in [2.24, 2.45) is 0 Å². The van der Waals surface area contributed by atoms with Crippen LogP contribution in [0.4, 0.5) is 0 Å². The third-order valence-electron chi connectivity index (χ3n) is 5.43. The standard InChI is InChI=1S/C31H38O9/c1-4-18-36-21-22-39-30(33)17-11-24-10-16-27(28(23-24)35-3)40-31(34)25-12-14-26(15-13-25)37-19-8-6-7-9-20-38-29(32)5-2/h5,10-17,23H,2,4,6-9,18-22H2,1,3H3/b17-11+. The number of esters is 3. The fourth-order valence-electron chi connectivity index (χ4n) is 3.36. The Bertz CT molecular complexity index is 1110. The Morgan fingerprint density at radius 2 is 1.52 bits per heavy atom. The van der Waals surface area contributed by atoms with Crippen LogP contribution in [0.25, 0.3) is 6.08 Å². The maximum atomic E-state index is 12.7. The van der Waals surface area contributed by atoms with E-state index < -0.39 is 17.9 Å². The molecule has 0 aliphatic heterocycles. The van der Waals surface area contributed by atoms with Crippen LogP contribution in [0.5, 0.6) is 17.2 Å². The number of carbonyl (C=O) groups is 3. The summed E-state index contributed by atoms with van der Waals surface area (Å²) in [6.45, 7) is 7.47. The number of hydrogen-bond acceptors (Lipinski definition) is 9. The van der Waals surface area contributed by atoms with E-state index in [0.29, 0.717) is 49.1 Å². The quantitative estimate of drug-likeness (QED) is 0.0954. The Morgan fingerprint density at radius 1 is 0.800 bits per heavy atom. The molecular formula is C31H38O9. The van der Waals surface area contributed by atoms with Gasteiger partial charge in [0.2, 0.25) is 0 Å². The molecule has 0 spiro atoms. The first kappa shape index (κ1) is 32.1. The van der Waals surface area contributed by atoms with Crippen molar-refractivity contribution in [1.82, 2.24) is 0 Å². The van der Waals surface area contributed by atoms with E-state index in [0.717, 1.165) is 38.2 Å². The number of methoxy groups -OCH3 is 1. The molecule has 0 N–H and O–H groups in total. The predicted molar refractivity (Wildman–Crippen MR) is 151 cm³/mol. The van der Waals surface area contributed by atoms with Crippen molar-refractivity contribution < 1.29 is 42.8 Å². The third-order valence-corrected chi connectivity index (χ3v) is 5.43. The lowest BCUT2D eigenvalue weighted by Gasteiger charge is -2.11.